The summed E-state index contributed by atoms with van der Waals surface area (Å²) in [5.74, 6) is 0. The minimum absolute atomic E-state index is 0.914. The Labute approximate surface area is 542 Å². The number of hydrogen-bond donors (Lipinski definition) is 0. The predicted octanol–water partition coefficient (Wildman–Crippen LogP) is 26.4. The van der Waals surface area contributed by atoms with Crippen LogP contribution in [0.3, 0.4) is 0 Å². The molecule has 94 heavy (non-hydrogen) atoms. The average Bonchev–Trinajstić information content (AvgIpc) is 1.03. The number of fused-ring (bicyclic) bond motifs is 16. The van der Waals surface area contributed by atoms with Gasteiger partial charge in [0.25, 0.3) is 0 Å². The largest absolute Gasteiger partial charge is 0.455 e. The first-order valence-corrected chi connectivity index (χ1v) is 32.4. The molecule has 0 aliphatic carbocycles. The van der Waals surface area contributed by atoms with E-state index in [1.807, 2.05) is 0 Å². The van der Waals surface area contributed by atoms with Crippen molar-refractivity contribution in [2.45, 2.75) is 0 Å². The Kier molecular flexibility index (Phi) is 12.3. The van der Waals surface area contributed by atoms with Crippen molar-refractivity contribution in [2.75, 3.05) is 0 Å². The van der Waals surface area contributed by atoms with E-state index in [1.165, 1.54) is 142 Å². The summed E-state index contributed by atoms with van der Waals surface area (Å²) in [6.07, 6.45) is 0. The SMILES string of the molecule is c1cc(-c2ccc3oc4c5ccccc5ccc4c3c2)cc(-c2c3ccccc3c(-c3ccc4ccccc4c3)c3ccccc23)c1.c1cc(-c2ccc3oc4c5ccccc5ccc4c3c2)cc(-c2c3ccccc3c(-c3cccc4ccccc34)c3ccccc23)c1. The summed E-state index contributed by atoms with van der Waals surface area (Å²) >= 11 is 0. The molecule has 20 aromatic rings. The second-order valence-electron chi connectivity index (χ2n) is 24.9. The highest BCUT2D eigenvalue weighted by atomic mass is 16.3. The highest BCUT2D eigenvalue weighted by Crippen LogP contribution is 2.48. The molecule has 0 N–H and O–H groups in total. The molecule has 0 saturated heterocycles. The molecule has 0 fully saturated rings. The van der Waals surface area contributed by atoms with Crippen molar-refractivity contribution >= 4 is 130 Å². The van der Waals surface area contributed by atoms with Crippen molar-refractivity contribution in [3.05, 3.63) is 340 Å². The Morgan fingerprint density at radius 2 is 0.457 bits per heavy atom. The van der Waals surface area contributed by atoms with Gasteiger partial charge in [0.2, 0.25) is 0 Å². The molecule has 20 rings (SSSR count). The molecule has 0 atom stereocenters. The second kappa shape index (κ2) is 21.7. The molecule has 0 spiro atoms. The van der Waals surface area contributed by atoms with E-state index in [0.29, 0.717) is 0 Å². The number of furan rings is 2. The normalized spacial score (nSPS) is 11.8. The Balaban J connectivity index is 0.000000133. The molecule has 2 aromatic heterocycles. The van der Waals surface area contributed by atoms with Crippen molar-refractivity contribution in [1.82, 2.24) is 0 Å². The van der Waals surface area contributed by atoms with Crippen molar-refractivity contribution in [3.8, 4) is 66.8 Å². The topological polar surface area (TPSA) is 26.3 Å². The predicted molar refractivity (Wildman–Crippen MR) is 400 cm³/mol. The standard InChI is InChI=1S/2C46H28O/c1-3-16-34-29(11-1)13-10-22-36(34)45-39-20-7-5-18-37(39)44(38-19-6-8-21-40(38)45)33-15-9-14-31(27-33)32-24-26-43-42(28-32)41-25-23-30-12-2-4-17-35(30)46(41)47-43;1-2-12-31-26-35(21-20-29(31)10-1)45-39-18-7-5-16-37(39)44(38-17-6-8-19-40(38)45)34-14-9-13-32(27-34)33-23-25-43-42(28-33)41-24-22-30-11-3-4-15-36(30)46(41)47-43/h2*1-28H. The first kappa shape index (κ1) is 53.5. The van der Waals surface area contributed by atoms with Gasteiger partial charge in [-0.2, -0.15) is 0 Å². The molecule has 0 unspecified atom stereocenters. The second-order valence-corrected chi connectivity index (χ2v) is 24.9. The van der Waals surface area contributed by atoms with Crippen molar-refractivity contribution in [1.29, 1.82) is 0 Å². The zero-order chi connectivity index (χ0) is 61.8. The minimum atomic E-state index is 0.914. The van der Waals surface area contributed by atoms with Crippen LogP contribution in [0.1, 0.15) is 0 Å². The molecule has 436 valence electrons. The van der Waals surface area contributed by atoms with E-state index in [-0.39, 0.29) is 0 Å². The van der Waals surface area contributed by atoms with E-state index in [9.17, 15) is 0 Å². The van der Waals surface area contributed by atoms with Crippen LogP contribution in [-0.4, -0.2) is 0 Å². The molecule has 0 amide bonds. The van der Waals surface area contributed by atoms with Crippen LogP contribution < -0.4 is 0 Å². The third-order valence-electron chi connectivity index (χ3n) is 19.7. The summed E-state index contributed by atoms with van der Waals surface area (Å²) in [5.41, 5.74) is 18.5. The van der Waals surface area contributed by atoms with Crippen LogP contribution in [0.2, 0.25) is 0 Å². The van der Waals surface area contributed by atoms with Crippen LogP contribution in [0.15, 0.2) is 349 Å². The first-order chi connectivity index (χ1) is 46.6. The van der Waals surface area contributed by atoms with Crippen LogP contribution in [0.4, 0.5) is 0 Å². The van der Waals surface area contributed by atoms with Crippen LogP contribution in [0.5, 0.6) is 0 Å². The fraction of sp³-hybridized carbons (Fsp3) is 0. The maximum Gasteiger partial charge on any atom is 0.143 e. The van der Waals surface area contributed by atoms with Gasteiger partial charge in [0.15, 0.2) is 0 Å². The van der Waals surface area contributed by atoms with Gasteiger partial charge in [-0.25, -0.2) is 0 Å². The van der Waals surface area contributed by atoms with Gasteiger partial charge < -0.3 is 8.83 Å². The van der Waals surface area contributed by atoms with Crippen LogP contribution in [-0.2, 0) is 0 Å². The van der Waals surface area contributed by atoms with Gasteiger partial charge in [-0.3, -0.25) is 0 Å². The third-order valence-corrected chi connectivity index (χ3v) is 19.7. The van der Waals surface area contributed by atoms with Gasteiger partial charge in [-0.15, -0.1) is 0 Å². The van der Waals surface area contributed by atoms with Crippen LogP contribution >= 0.6 is 0 Å². The summed E-state index contributed by atoms with van der Waals surface area (Å²) in [6, 6.07) is 123. The lowest BCUT2D eigenvalue weighted by atomic mass is 9.84. The number of benzene rings is 18. The molecule has 2 heteroatoms. The number of rotatable bonds is 6. The van der Waals surface area contributed by atoms with E-state index >= 15 is 0 Å². The molecule has 18 aromatic carbocycles. The summed E-state index contributed by atoms with van der Waals surface area (Å²) in [6.45, 7) is 0. The fourth-order valence-electron chi connectivity index (χ4n) is 15.3. The van der Waals surface area contributed by atoms with Crippen molar-refractivity contribution in [2.24, 2.45) is 0 Å². The molecule has 2 nitrogen and oxygen atoms in total. The Bertz CT molecular complexity index is 6370. The van der Waals surface area contributed by atoms with Gasteiger partial charge in [-0.05, 0) is 197 Å². The van der Waals surface area contributed by atoms with Crippen LogP contribution in [0.25, 0.3) is 197 Å². The van der Waals surface area contributed by atoms with Gasteiger partial charge in [0, 0.05) is 32.3 Å². The van der Waals surface area contributed by atoms with Gasteiger partial charge >= 0.3 is 0 Å². The first-order valence-electron chi connectivity index (χ1n) is 32.4. The van der Waals surface area contributed by atoms with Gasteiger partial charge in [0.05, 0.1) is 0 Å². The highest BCUT2D eigenvalue weighted by Gasteiger charge is 2.21. The Hall–Kier alpha value is -12.4. The Morgan fingerprint density at radius 1 is 0.149 bits per heavy atom. The van der Waals surface area contributed by atoms with E-state index in [1.54, 1.807) is 0 Å². The van der Waals surface area contributed by atoms with Crippen LogP contribution in [0, 0.1) is 0 Å². The molecule has 0 aliphatic heterocycles. The fourth-order valence-corrected chi connectivity index (χ4v) is 15.3. The highest BCUT2D eigenvalue weighted by molar-refractivity contribution is 6.25. The lowest BCUT2D eigenvalue weighted by Gasteiger charge is -2.19. The maximum atomic E-state index is 6.42. The average molecular weight is 1190 g/mol. The molecule has 0 aliphatic rings. The molecule has 2 heterocycles. The van der Waals surface area contributed by atoms with E-state index < -0.39 is 0 Å². The molecule has 0 saturated carbocycles. The summed E-state index contributed by atoms with van der Waals surface area (Å²) < 4.78 is 12.8. The monoisotopic (exact) mass is 1190 g/mol. The van der Waals surface area contributed by atoms with Crippen molar-refractivity contribution < 1.29 is 8.83 Å². The lowest BCUT2D eigenvalue weighted by Crippen LogP contribution is -1.92. The van der Waals surface area contributed by atoms with Gasteiger partial charge in [-0.1, -0.05) is 285 Å². The molecular formula is C92H56O2. The minimum Gasteiger partial charge on any atom is -0.455 e. The molecule has 0 radical (unpaired) electrons. The van der Waals surface area contributed by atoms with E-state index in [2.05, 4.69) is 340 Å². The maximum absolute atomic E-state index is 6.42. The molecular weight excluding hydrogens is 1140 g/mol. The smallest absolute Gasteiger partial charge is 0.143 e. The molecule has 0 bridgehead atoms. The third kappa shape index (κ3) is 8.65. The summed E-state index contributed by atoms with van der Waals surface area (Å²) in [4.78, 5) is 0. The van der Waals surface area contributed by atoms with E-state index in [4.69, 9.17) is 8.83 Å². The lowest BCUT2D eigenvalue weighted by molar-refractivity contribution is 0.672. The van der Waals surface area contributed by atoms with Crippen molar-refractivity contribution in [3.63, 3.8) is 0 Å². The summed E-state index contributed by atoms with van der Waals surface area (Å²) in [7, 11) is 0. The zero-order valence-corrected chi connectivity index (χ0v) is 51.1. The summed E-state index contributed by atoms with van der Waals surface area (Å²) in [5, 5.41) is 24.4. The number of hydrogen-bond acceptors (Lipinski definition) is 2. The quantitative estimate of drug-likeness (QED) is 0.155. The Morgan fingerprint density at radius 3 is 0.915 bits per heavy atom. The van der Waals surface area contributed by atoms with E-state index in [0.717, 1.165) is 54.6 Å². The van der Waals surface area contributed by atoms with Gasteiger partial charge in [0.1, 0.15) is 22.3 Å². The zero-order valence-electron chi connectivity index (χ0n) is 51.1.